The zero-order valence-electron chi connectivity index (χ0n) is 10.2. The summed E-state index contributed by atoms with van der Waals surface area (Å²) in [6, 6.07) is 8.27. The molecule has 0 aromatic heterocycles. The number of piperazine rings is 1. The normalized spacial score (nSPS) is 17.5. The van der Waals surface area contributed by atoms with E-state index in [0.717, 1.165) is 25.2 Å². The van der Waals surface area contributed by atoms with Crippen molar-refractivity contribution in [1.29, 1.82) is 0 Å². The molecule has 2 N–H and O–H groups in total. The van der Waals surface area contributed by atoms with Crippen molar-refractivity contribution in [2.75, 3.05) is 26.7 Å². The molecular formula is C13H19N3O. The zero-order chi connectivity index (χ0) is 12.3. The lowest BCUT2D eigenvalue weighted by atomic mass is 10.1. The second-order valence-electron chi connectivity index (χ2n) is 4.55. The Hall–Kier alpha value is -1.39. The first-order valence-corrected chi connectivity index (χ1v) is 5.93. The van der Waals surface area contributed by atoms with Crippen LogP contribution in [-0.2, 0) is 17.9 Å². The molecule has 1 heterocycles. The van der Waals surface area contributed by atoms with Crippen LogP contribution in [0.1, 0.15) is 11.1 Å². The Morgan fingerprint density at radius 3 is 2.41 bits per heavy atom. The third-order valence-electron chi connectivity index (χ3n) is 3.20. The first-order valence-electron chi connectivity index (χ1n) is 5.93. The number of hydrogen-bond donors (Lipinski definition) is 1. The van der Waals surface area contributed by atoms with Gasteiger partial charge in [0.15, 0.2) is 0 Å². The van der Waals surface area contributed by atoms with E-state index in [9.17, 15) is 4.79 Å². The lowest BCUT2D eigenvalue weighted by Gasteiger charge is -2.31. The highest BCUT2D eigenvalue weighted by atomic mass is 16.2. The average molecular weight is 233 g/mol. The van der Waals surface area contributed by atoms with E-state index in [0.29, 0.717) is 13.1 Å². The quantitative estimate of drug-likeness (QED) is 0.823. The summed E-state index contributed by atoms with van der Waals surface area (Å²) < 4.78 is 0. The third kappa shape index (κ3) is 3.05. The molecule has 0 spiro atoms. The first kappa shape index (κ1) is 12.1. The Balaban J connectivity index is 1.94. The molecule has 4 heteroatoms. The van der Waals surface area contributed by atoms with Gasteiger partial charge in [-0.15, -0.1) is 0 Å². The van der Waals surface area contributed by atoms with Gasteiger partial charge in [-0.2, -0.15) is 0 Å². The van der Waals surface area contributed by atoms with E-state index in [4.69, 9.17) is 5.73 Å². The number of hydrogen-bond acceptors (Lipinski definition) is 3. The van der Waals surface area contributed by atoms with E-state index in [-0.39, 0.29) is 5.91 Å². The van der Waals surface area contributed by atoms with Gasteiger partial charge in [0, 0.05) is 33.2 Å². The summed E-state index contributed by atoms with van der Waals surface area (Å²) in [7, 11) is 1.86. The maximum atomic E-state index is 11.6. The minimum atomic E-state index is 0.204. The number of likely N-dealkylation sites (N-methyl/N-ethyl adjacent to an activating group) is 1. The number of carbonyl (C=O) groups is 1. The molecule has 4 nitrogen and oxygen atoms in total. The molecule has 1 fully saturated rings. The highest BCUT2D eigenvalue weighted by Crippen LogP contribution is 2.09. The maximum Gasteiger partial charge on any atom is 0.236 e. The van der Waals surface area contributed by atoms with Gasteiger partial charge < -0.3 is 10.6 Å². The summed E-state index contributed by atoms with van der Waals surface area (Å²) in [5.41, 5.74) is 7.93. The smallest absolute Gasteiger partial charge is 0.236 e. The Morgan fingerprint density at radius 1 is 1.18 bits per heavy atom. The van der Waals surface area contributed by atoms with Crippen LogP contribution in [0.25, 0.3) is 0 Å². The van der Waals surface area contributed by atoms with Crippen LogP contribution in [0.15, 0.2) is 24.3 Å². The number of nitrogens with two attached hydrogens (primary N) is 1. The fraction of sp³-hybridized carbons (Fsp3) is 0.462. The Bertz CT molecular complexity index is 388. The molecule has 0 saturated carbocycles. The van der Waals surface area contributed by atoms with E-state index in [1.54, 1.807) is 4.90 Å². The minimum Gasteiger partial charge on any atom is -0.343 e. The van der Waals surface area contributed by atoms with Crippen LogP contribution in [0.4, 0.5) is 0 Å². The first-order chi connectivity index (χ1) is 8.19. The summed E-state index contributed by atoms with van der Waals surface area (Å²) in [6.45, 7) is 3.70. The lowest BCUT2D eigenvalue weighted by Crippen LogP contribution is -2.47. The largest absolute Gasteiger partial charge is 0.343 e. The number of rotatable bonds is 3. The molecule has 1 saturated heterocycles. The topological polar surface area (TPSA) is 49.6 Å². The highest BCUT2D eigenvalue weighted by molar-refractivity contribution is 5.78. The van der Waals surface area contributed by atoms with Crippen molar-refractivity contribution in [3.63, 3.8) is 0 Å². The summed E-state index contributed by atoms with van der Waals surface area (Å²) >= 11 is 0. The molecule has 0 aliphatic carbocycles. The number of nitrogens with zero attached hydrogens (tertiary/aromatic N) is 2. The molecule has 2 rings (SSSR count). The van der Waals surface area contributed by atoms with Crippen LogP contribution in [0.3, 0.4) is 0 Å². The standard InChI is InChI=1S/C13H19N3O/c1-15-6-7-16(10-13(15)17)9-12-4-2-11(8-14)3-5-12/h2-5H,6-10,14H2,1H3. The van der Waals surface area contributed by atoms with Gasteiger partial charge in [-0.25, -0.2) is 0 Å². The van der Waals surface area contributed by atoms with Gasteiger partial charge in [0.1, 0.15) is 0 Å². The molecule has 17 heavy (non-hydrogen) atoms. The summed E-state index contributed by atoms with van der Waals surface area (Å²) in [6.07, 6.45) is 0. The van der Waals surface area contributed by atoms with E-state index in [1.165, 1.54) is 5.56 Å². The number of amides is 1. The molecule has 0 radical (unpaired) electrons. The lowest BCUT2D eigenvalue weighted by molar-refractivity contribution is -0.134. The molecule has 1 aromatic carbocycles. The van der Waals surface area contributed by atoms with Crippen LogP contribution < -0.4 is 5.73 Å². The molecule has 1 amide bonds. The van der Waals surface area contributed by atoms with Crippen LogP contribution in [0.2, 0.25) is 0 Å². The second kappa shape index (κ2) is 5.29. The molecule has 1 aliphatic rings. The van der Waals surface area contributed by atoms with Crippen molar-refractivity contribution in [3.8, 4) is 0 Å². The van der Waals surface area contributed by atoms with Crippen LogP contribution in [0.5, 0.6) is 0 Å². The molecule has 92 valence electrons. The van der Waals surface area contributed by atoms with Gasteiger partial charge in [0.05, 0.1) is 6.54 Å². The predicted octanol–water partition coefficient (Wildman–Crippen LogP) is 0.419. The van der Waals surface area contributed by atoms with Crippen molar-refractivity contribution >= 4 is 5.91 Å². The Morgan fingerprint density at radius 2 is 1.82 bits per heavy atom. The fourth-order valence-electron chi connectivity index (χ4n) is 1.98. The van der Waals surface area contributed by atoms with Gasteiger partial charge >= 0.3 is 0 Å². The van der Waals surface area contributed by atoms with Gasteiger partial charge in [-0.1, -0.05) is 24.3 Å². The molecule has 0 atom stereocenters. The summed E-state index contributed by atoms with van der Waals surface area (Å²) in [5.74, 6) is 0.204. The molecule has 1 aliphatic heterocycles. The van der Waals surface area contributed by atoms with Gasteiger partial charge in [0.2, 0.25) is 5.91 Å². The second-order valence-corrected chi connectivity index (χ2v) is 4.55. The Labute approximate surface area is 102 Å². The van der Waals surface area contributed by atoms with Crippen molar-refractivity contribution in [2.45, 2.75) is 13.1 Å². The Kier molecular flexibility index (Phi) is 3.76. The molecule has 1 aromatic rings. The van der Waals surface area contributed by atoms with Crippen molar-refractivity contribution in [1.82, 2.24) is 9.80 Å². The summed E-state index contributed by atoms with van der Waals surface area (Å²) in [5, 5.41) is 0. The zero-order valence-corrected chi connectivity index (χ0v) is 10.2. The number of benzene rings is 1. The van der Waals surface area contributed by atoms with E-state index in [2.05, 4.69) is 17.0 Å². The van der Waals surface area contributed by atoms with Crippen molar-refractivity contribution < 1.29 is 4.79 Å². The van der Waals surface area contributed by atoms with Crippen molar-refractivity contribution in [2.24, 2.45) is 5.73 Å². The maximum absolute atomic E-state index is 11.6. The van der Waals surface area contributed by atoms with E-state index in [1.807, 2.05) is 19.2 Å². The monoisotopic (exact) mass is 233 g/mol. The predicted molar refractivity (Wildman–Crippen MR) is 67.2 cm³/mol. The van der Waals surface area contributed by atoms with Gasteiger partial charge in [-0.3, -0.25) is 9.69 Å². The van der Waals surface area contributed by atoms with Gasteiger partial charge in [-0.05, 0) is 11.1 Å². The SMILES string of the molecule is CN1CCN(Cc2ccc(CN)cc2)CC1=O. The van der Waals surface area contributed by atoms with Gasteiger partial charge in [0.25, 0.3) is 0 Å². The highest BCUT2D eigenvalue weighted by Gasteiger charge is 2.20. The minimum absolute atomic E-state index is 0.204. The number of carbonyl (C=O) groups excluding carboxylic acids is 1. The summed E-state index contributed by atoms with van der Waals surface area (Å²) in [4.78, 5) is 15.5. The molecule has 0 bridgehead atoms. The molecular weight excluding hydrogens is 214 g/mol. The van der Waals surface area contributed by atoms with Crippen LogP contribution in [0, 0.1) is 0 Å². The van der Waals surface area contributed by atoms with E-state index >= 15 is 0 Å². The third-order valence-corrected chi connectivity index (χ3v) is 3.20. The van der Waals surface area contributed by atoms with Crippen LogP contribution in [-0.4, -0.2) is 42.4 Å². The average Bonchev–Trinajstić information content (AvgIpc) is 2.35. The van der Waals surface area contributed by atoms with Crippen LogP contribution >= 0.6 is 0 Å². The molecule has 0 unspecified atom stereocenters. The van der Waals surface area contributed by atoms with Crippen molar-refractivity contribution in [3.05, 3.63) is 35.4 Å². The van der Waals surface area contributed by atoms with E-state index < -0.39 is 0 Å². The fourth-order valence-corrected chi connectivity index (χ4v) is 1.98.